The molecule has 1 heterocycles. The lowest BCUT2D eigenvalue weighted by molar-refractivity contribution is 0.390. The Hall–Kier alpha value is -3.25. The van der Waals surface area contributed by atoms with Gasteiger partial charge in [0.1, 0.15) is 33.9 Å². The van der Waals surface area contributed by atoms with Gasteiger partial charge in [0.15, 0.2) is 0 Å². The lowest BCUT2D eigenvalue weighted by Gasteiger charge is -2.27. The molecule has 0 aliphatic carbocycles. The van der Waals surface area contributed by atoms with Gasteiger partial charge in [-0.05, 0) is 42.8 Å². The van der Waals surface area contributed by atoms with Crippen LogP contribution in [0.25, 0.3) is 0 Å². The predicted molar refractivity (Wildman–Crippen MR) is 121 cm³/mol. The third kappa shape index (κ3) is 4.11. The Labute approximate surface area is 199 Å². The van der Waals surface area contributed by atoms with Gasteiger partial charge in [0.2, 0.25) is 5.88 Å². The maximum Gasteiger partial charge on any atom is 0.339 e. The lowest BCUT2D eigenvalue weighted by atomic mass is 9.83. The number of nitriles is 1. The molecule has 6 nitrogen and oxygen atoms in total. The number of fused-ring (bicyclic) bond motifs is 1. The highest BCUT2D eigenvalue weighted by Crippen LogP contribution is 2.46. The first-order chi connectivity index (χ1) is 15.6. The second-order valence-corrected chi connectivity index (χ2v) is 9.49. The number of ether oxygens (including phenoxy) is 1. The van der Waals surface area contributed by atoms with E-state index in [1.165, 1.54) is 48.5 Å². The van der Waals surface area contributed by atoms with Crippen molar-refractivity contribution in [2.75, 3.05) is 0 Å². The van der Waals surface area contributed by atoms with E-state index < -0.39 is 21.9 Å². The van der Waals surface area contributed by atoms with Crippen LogP contribution in [-0.4, -0.2) is 8.42 Å². The van der Waals surface area contributed by atoms with Gasteiger partial charge in [0.25, 0.3) is 0 Å². The molecule has 0 bridgehead atoms. The fourth-order valence-corrected chi connectivity index (χ4v) is 5.28. The van der Waals surface area contributed by atoms with Gasteiger partial charge in [-0.15, -0.1) is 0 Å². The Morgan fingerprint density at radius 1 is 1.12 bits per heavy atom. The summed E-state index contributed by atoms with van der Waals surface area (Å²) in [5.74, 6) is -1.79. The number of benzene rings is 3. The number of rotatable bonds is 4. The van der Waals surface area contributed by atoms with Gasteiger partial charge < -0.3 is 14.7 Å². The third-order valence-electron chi connectivity index (χ3n) is 5.17. The highest BCUT2D eigenvalue weighted by molar-refractivity contribution is 7.87. The lowest BCUT2D eigenvalue weighted by Crippen LogP contribution is -2.22. The summed E-state index contributed by atoms with van der Waals surface area (Å²) < 4.78 is 51.2. The second kappa shape index (κ2) is 8.60. The summed E-state index contributed by atoms with van der Waals surface area (Å²) in [6.07, 6.45) is 0. The SMILES string of the molecule is Cc1c(Cl)cccc1S(=O)(=O)Oc1ccc2c(c1)OC(N)=C(C#N)C2c1c(F)cccc1Cl. The van der Waals surface area contributed by atoms with Crippen LogP contribution in [-0.2, 0) is 10.1 Å². The zero-order valence-electron chi connectivity index (χ0n) is 17.0. The van der Waals surface area contributed by atoms with Crippen molar-refractivity contribution in [2.45, 2.75) is 17.7 Å². The fourth-order valence-electron chi connectivity index (χ4n) is 3.60. The average Bonchev–Trinajstić information content (AvgIpc) is 2.74. The molecule has 2 N–H and O–H groups in total. The first-order valence-electron chi connectivity index (χ1n) is 9.49. The Morgan fingerprint density at radius 3 is 2.52 bits per heavy atom. The highest BCUT2D eigenvalue weighted by atomic mass is 35.5. The van der Waals surface area contributed by atoms with Crippen molar-refractivity contribution in [3.63, 3.8) is 0 Å². The number of hydrogen-bond acceptors (Lipinski definition) is 6. The van der Waals surface area contributed by atoms with E-state index in [1.54, 1.807) is 13.0 Å². The highest BCUT2D eigenvalue weighted by Gasteiger charge is 2.34. The molecule has 4 rings (SSSR count). The van der Waals surface area contributed by atoms with Crippen molar-refractivity contribution in [3.8, 4) is 17.6 Å². The van der Waals surface area contributed by atoms with E-state index in [1.807, 2.05) is 6.07 Å². The minimum Gasteiger partial charge on any atom is -0.440 e. The van der Waals surface area contributed by atoms with Crippen molar-refractivity contribution in [1.29, 1.82) is 5.26 Å². The normalized spacial score (nSPS) is 15.4. The second-order valence-electron chi connectivity index (χ2n) is 7.16. The molecule has 1 atom stereocenters. The quantitative estimate of drug-likeness (QED) is 0.475. The average molecular weight is 505 g/mol. The van der Waals surface area contributed by atoms with Crippen molar-refractivity contribution in [1.82, 2.24) is 0 Å². The summed E-state index contributed by atoms with van der Waals surface area (Å²) in [5, 5.41) is 10.0. The van der Waals surface area contributed by atoms with Crippen LogP contribution in [0, 0.1) is 24.1 Å². The van der Waals surface area contributed by atoms with E-state index in [0.29, 0.717) is 11.1 Å². The Balaban J connectivity index is 1.79. The molecule has 0 spiro atoms. The molecule has 0 saturated carbocycles. The van der Waals surface area contributed by atoms with Crippen LogP contribution < -0.4 is 14.7 Å². The smallest absolute Gasteiger partial charge is 0.339 e. The van der Waals surface area contributed by atoms with E-state index in [4.69, 9.17) is 37.9 Å². The minimum absolute atomic E-state index is 0.0228. The molecular weight excluding hydrogens is 490 g/mol. The van der Waals surface area contributed by atoms with E-state index >= 15 is 0 Å². The van der Waals surface area contributed by atoms with Crippen molar-refractivity contribution in [2.24, 2.45) is 5.73 Å². The first kappa shape index (κ1) is 22.9. The minimum atomic E-state index is -4.22. The molecule has 0 aromatic heterocycles. The zero-order chi connectivity index (χ0) is 23.9. The van der Waals surface area contributed by atoms with Crippen LogP contribution in [0.1, 0.15) is 22.6 Å². The van der Waals surface area contributed by atoms with Crippen molar-refractivity contribution >= 4 is 33.3 Å². The molecule has 33 heavy (non-hydrogen) atoms. The van der Waals surface area contributed by atoms with E-state index in [-0.39, 0.29) is 43.5 Å². The number of allylic oxidation sites excluding steroid dienone is 1. The first-order valence-corrected chi connectivity index (χ1v) is 11.7. The molecule has 0 amide bonds. The number of nitrogens with zero attached hydrogens (tertiary/aromatic N) is 1. The topological polar surface area (TPSA) is 102 Å². The van der Waals surface area contributed by atoms with Crippen LogP contribution in [0.15, 0.2) is 70.9 Å². The molecule has 1 aliphatic heterocycles. The van der Waals surface area contributed by atoms with E-state index in [0.717, 1.165) is 0 Å². The van der Waals surface area contributed by atoms with Crippen molar-refractivity contribution < 1.29 is 21.7 Å². The molecular formula is C23H15Cl2FN2O4S. The van der Waals surface area contributed by atoms with Crippen LogP contribution in [0.5, 0.6) is 11.5 Å². The molecule has 1 unspecified atom stereocenters. The summed E-state index contributed by atoms with van der Waals surface area (Å²) in [4.78, 5) is -0.0872. The number of hydrogen-bond donors (Lipinski definition) is 1. The monoisotopic (exact) mass is 504 g/mol. The predicted octanol–water partition coefficient (Wildman–Crippen LogP) is 5.43. The molecule has 168 valence electrons. The van der Waals surface area contributed by atoms with Gasteiger partial charge in [-0.3, -0.25) is 0 Å². The third-order valence-corrected chi connectivity index (χ3v) is 7.30. The molecule has 3 aromatic rings. The van der Waals surface area contributed by atoms with Crippen LogP contribution in [0.3, 0.4) is 0 Å². The maximum atomic E-state index is 14.7. The van der Waals surface area contributed by atoms with Gasteiger partial charge in [-0.2, -0.15) is 13.7 Å². The largest absolute Gasteiger partial charge is 0.440 e. The zero-order valence-corrected chi connectivity index (χ0v) is 19.3. The number of nitrogens with two attached hydrogens (primary N) is 1. The van der Waals surface area contributed by atoms with Gasteiger partial charge >= 0.3 is 10.1 Å². The summed E-state index contributed by atoms with van der Waals surface area (Å²) in [6, 6.07) is 14.7. The molecule has 0 radical (unpaired) electrons. The molecule has 0 saturated heterocycles. The molecule has 3 aromatic carbocycles. The van der Waals surface area contributed by atoms with Crippen LogP contribution in [0.2, 0.25) is 10.0 Å². The van der Waals surface area contributed by atoms with Gasteiger partial charge in [-0.1, -0.05) is 41.4 Å². The maximum absolute atomic E-state index is 14.7. The van der Waals surface area contributed by atoms with E-state index in [9.17, 15) is 18.1 Å². The summed E-state index contributed by atoms with van der Waals surface area (Å²) in [5.41, 5.74) is 6.68. The number of halogens is 3. The molecule has 0 fully saturated rings. The molecule has 10 heteroatoms. The Bertz CT molecular complexity index is 1450. The van der Waals surface area contributed by atoms with Gasteiger partial charge in [-0.25, -0.2) is 4.39 Å². The van der Waals surface area contributed by atoms with Gasteiger partial charge in [0.05, 0.1) is 5.92 Å². The Kier molecular flexibility index (Phi) is 5.97. The summed E-state index contributed by atoms with van der Waals surface area (Å²) in [6.45, 7) is 1.56. The Morgan fingerprint density at radius 2 is 1.82 bits per heavy atom. The van der Waals surface area contributed by atoms with Gasteiger partial charge in [0, 0.05) is 27.2 Å². The van der Waals surface area contributed by atoms with Crippen molar-refractivity contribution in [3.05, 3.63) is 98.6 Å². The summed E-state index contributed by atoms with van der Waals surface area (Å²) >= 11 is 12.3. The standard InChI is InChI=1S/C23H15Cl2FN2O4S/c1-12-16(24)4-3-7-20(12)33(29,30)32-13-8-9-14-19(10-13)31-23(28)15(11-27)21(14)22-17(25)5-2-6-18(22)26/h2-10,21H,28H2,1H3. The fraction of sp³-hybridized carbons (Fsp3) is 0.0870. The van der Waals surface area contributed by atoms with Crippen LogP contribution in [0.4, 0.5) is 4.39 Å². The summed E-state index contributed by atoms with van der Waals surface area (Å²) in [7, 11) is -4.22. The molecule has 1 aliphatic rings. The van der Waals surface area contributed by atoms with Crippen LogP contribution >= 0.6 is 23.2 Å². The van der Waals surface area contributed by atoms with E-state index in [2.05, 4.69) is 0 Å².